The Morgan fingerprint density at radius 1 is 0.914 bits per heavy atom. The molecule has 0 bridgehead atoms. The molecule has 184 valence electrons. The molecular weight excluding hydrogens is 476 g/mol. The van der Waals surface area contributed by atoms with E-state index in [-0.39, 0.29) is 41.0 Å². The van der Waals surface area contributed by atoms with Gasteiger partial charge >= 0.3 is 12.4 Å². The van der Waals surface area contributed by atoms with Gasteiger partial charge in [-0.15, -0.1) is 0 Å². The molecule has 1 aliphatic rings. The molecule has 0 radical (unpaired) electrons. The van der Waals surface area contributed by atoms with Gasteiger partial charge in [0.05, 0.1) is 17.4 Å². The molecular formula is C23H19F6N5O. The van der Waals surface area contributed by atoms with Crippen molar-refractivity contribution in [2.24, 2.45) is 0 Å². The Labute approximate surface area is 195 Å². The first-order chi connectivity index (χ1) is 16.5. The summed E-state index contributed by atoms with van der Waals surface area (Å²) in [4.78, 5) is 23.7. The van der Waals surface area contributed by atoms with Crippen LogP contribution in [0.4, 0.5) is 26.3 Å². The summed E-state index contributed by atoms with van der Waals surface area (Å²) in [5, 5.41) is 5.88. The highest BCUT2D eigenvalue weighted by Gasteiger charge is 2.33. The first-order valence-electron chi connectivity index (χ1n) is 10.6. The number of hydrogen-bond acceptors (Lipinski definition) is 5. The van der Waals surface area contributed by atoms with Crippen molar-refractivity contribution in [3.05, 3.63) is 65.7 Å². The van der Waals surface area contributed by atoms with Crippen LogP contribution in [0.15, 0.2) is 48.8 Å². The van der Waals surface area contributed by atoms with E-state index in [9.17, 15) is 31.1 Å². The average molecular weight is 495 g/mol. The van der Waals surface area contributed by atoms with Crippen LogP contribution in [0.25, 0.3) is 22.5 Å². The first kappa shape index (κ1) is 24.6. The molecule has 1 atom stereocenters. The van der Waals surface area contributed by atoms with Crippen LogP contribution < -0.4 is 10.6 Å². The van der Waals surface area contributed by atoms with Crippen LogP contribution in [0.3, 0.4) is 0 Å². The Kier molecular flexibility index (Phi) is 6.75. The molecule has 0 spiro atoms. The minimum absolute atomic E-state index is 0.0850. The van der Waals surface area contributed by atoms with Gasteiger partial charge in [-0.2, -0.15) is 26.3 Å². The minimum Gasteiger partial charge on any atom is -0.351 e. The zero-order chi connectivity index (χ0) is 25.2. The van der Waals surface area contributed by atoms with Crippen molar-refractivity contribution in [3.63, 3.8) is 0 Å². The fraction of sp³-hybridized carbons (Fsp3) is 0.304. The molecule has 4 rings (SSSR count). The number of nitrogens with zero attached hydrogens (tertiary/aromatic N) is 3. The Balaban J connectivity index is 1.67. The molecule has 35 heavy (non-hydrogen) atoms. The maximum atomic E-state index is 12.9. The van der Waals surface area contributed by atoms with Crippen molar-refractivity contribution in [1.82, 2.24) is 25.6 Å². The zero-order valence-electron chi connectivity index (χ0n) is 18.0. The van der Waals surface area contributed by atoms with Gasteiger partial charge in [0.1, 0.15) is 11.4 Å². The maximum Gasteiger partial charge on any atom is 0.433 e. The van der Waals surface area contributed by atoms with E-state index in [0.717, 1.165) is 37.5 Å². The minimum atomic E-state index is -4.61. The summed E-state index contributed by atoms with van der Waals surface area (Å²) in [5.74, 6) is -0.199. The Hall–Kier alpha value is -3.54. The van der Waals surface area contributed by atoms with Crippen molar-refractivity contribution >= 4 is 5.91 Å². The average Bonchev–Trinajstić information content (AvgIpc) is 3.37. The molecule has 3 aromatic rings. The Bertz CT molecular complexity index is 1110. The van der Waals surface area contributed by atoms with Crippen molar-refractivity contribution in [1.29, 1.82) is 0 Å². The van der Waals surface area contributed by atoms with E-state index in [2.05, 4.69) is 25.6 Å². The van der Waals surface area contributed by atoms with Crippen molar-refractivity contribution in [2.75, 3.05) is 6.54 Å². The summed E-state index contributed by atoms with van der Waals surface area (Å²) < 4.78 is 77.3. The number of hydrogen-bond donors (Lipinski definition) is 2. The van der Waals surface area contributed by atoms with Gasteiger partial charge in [-0.05, 0) is 61.3 Å². The molecule has 0 saturated carbocycles. The topological polar surface area (TPSA) is 79.8 Å². The fourth-order valence-corrected chi connectivity index (χ4v) is 3.63. The molecule has 6 nitrogen and oxygen atoms in total. The highest BCUT2D eigenvalue weighted by Crippen LogP contribution is 2.31. The SMILES string of the molecule is O=C(NCc1cc(-c2ccc(C(F)(F)F)nc2)nc(-c2ccc(C(F)(F)F)nc2)c1)C1CCCN1. The lowest BCUT2D eigenvalue weighted by Crippen LogP contribution is -2.40. The molecule has 2 N–H and O–H groups in total. The summed E-state index contributed by atoms with van der Waals surface area (Å²) in [6, 6.07) is 6.89. The highest BCUT2D eigenvalue weighted by atomic mass is 19.4. The third-order valence-electron chi connectivity index (χ3n) is 5.43. The van der Waals surface area contributed by atoms with Gasteiger partial charge in [-0.3, -0.25) is 14.8 Å². The van der Waals surface area contributed by atoms with E-state index in [1.54, 1.807) is 12.1 Å². The van der Waals surface area contributed by atoms with Crippen molar-refractivity contribution in [2.45, 2.75) is 37.8 Å². The normalized spacial score (nSPS) is 16.3. The molecule has 1 unspecified atom stereocenters. The molecule has 0 aliphatic carbocycles. The van der Waals surface area contributed by atoms with E-state index >= 15 is 0 Å². The molecule has 0 aromatic carbocycles. The van der Waals surface area contributed by atoms with Crippen LogP contribution in [0.5, 0.6) is 0 Å². The second-order valence-corrected chi connectivity index (χ2v) is 7.97. The van der Waals surface area contributed by atoms with E-state index in [0.29, 0.717) is 12.0 Å². The smallest absolute Gasteiger partial charge is 0.351 e. The first-order valence-corrected chi connectivity index (χ1v) is 10.6. The van der Waals surface area contributed by atoms with Crippen LogP contribution >= 0.6 is 0 Å². The van der Waals surface area contributed by atoms with Crippen LogP contribution in [-0.4, -0.2) is 33.4 Å². The van der Waals surface area contributed by atoms with E-state index < -0.39 is 23.7 Å². The number of carbonyl (C=O) groups is 1. The van der Waals surface area contributed by atoms with Crippen LogP contribution in [0, 0.1) is 0 Å². The number of aromatic nitrogens is 3. The highest BCUT2D eigenvalue weighted by molar-refractivity contribution is 5.82. The molecule has 1 saturated heterocycles. The molecule has 12 heteroatoms. The lowest BCUT2D eigenvalue weighted by atomic mass is 10.1. The van der Waals surface area contributed by atoms with Gasteiger partial charge < -0.3 is 10.6 Å². The number of pyridine rings is 3. The fourth-order valence-electron chi connectivity index (χ4n) is 3.63. The van der Waals surface area contributed by atoms with Gasteiger partial charge in [0.2, 0.25) is 5.91 Å². The number of carbonyl (C=O) groups excluding carboxylic acids is 1. The molecule has 1 aliphatic heterocycles. The van der Waals surface area contributed by atoms with Crippen molar-refractivity contribution < 1.29 is 31.1 Å². The second-order valence-electron chi connectivity index (χ2n) is 7.97. The Morgan fingerprint density at radius 2 is 1.46 bits per heavy atom. The summed E-state index contributed by atoms with van der Waals surface area (Å²) >= 11 is 0. The van der Waals surface area contributed by atoms with Crippen LogP contribution in [0.2, 0.25) is 0 Å². The van der Waals surface area contributed by atoms with E-state index in [1.807, 2.05) is 0 Å². The summed E-state index contributed by atoms with van der Waals surface area (Å²) in [7, 11) is 0. The number of rotatable bonds is 5. The molecule has 1 amide bonds. The third-order valence-corrected chi connectivity index (χ3v) is 5.43. The van der Waals surface area contributed by atoms with E-state index in [4.69, 9.17) is 0 Å². The molecule has 3 aromatic heterocycles. The third kappa shape index (κ3) is 5.94. The van der Waals surface area contributed by atoms with Gasteiger partial charge in [-0.1, -0.05) is 0 Å². The number of halogens is 6. The number of nitrogens with one attached hydrogen (secondary N) is 2. The summed E-state index contributed by atoms with van der Waals surface area (Å²) in [6.45, 7) is 0.825. The van der Waals surface area contributed by atoms with Crippen molar-refractivity contribution in [3.8, 4) is 22.5 Å². The lowest BCUT2D eigenvalue weighted by molar-refractivity contribution is -0.141. The summed E-state index contributed by atoms with van der Waals surface area (Å²) in [6.07, 6.45) is -5.60. The quantitative estimate of drug-likeness (QED) is 0.506. The molecule has 1 fully saturated rings. The Morgan fingerprint density at radius 3 is 1.86 bits per heavy atom. The second kappa shape index (κ2) is 9.61. The lowest BCUT2D eigenvalue weighted by Gasteiger charge is -2.14. The van der Waals surface area contributed by atoms with E-state index in [1.165, 1.54) is 12.1 Å². The van der Waals surface area contributed by atoms with Gasteiger partial charge in [0, 0.05) is 30.1 Å². The van der Waals surface area contributed by atoms with Crippen LogP contribution in [0.1, 0.15) is 29.8 Å². The van der Waals surface area contributed by atoms with Gasteiger partial charge in [0.25, 0.3) is 0 Å². The largest absolute Gasteiger partial charge is 0.433 e. The standard InChI is InChI=1S/C23H19F6N5O/c24-22(25,26)19-5-3-14(11-31-19)17-8-13(10-33-21(35)16-2-1-7-30-16)9-18(34-17)15-4-6-20(32-12-15)23(27,28)29/h3-6,8-9,11-12,16,30H,1-2,7,10H2,(H,33,35). The number of amides is 1. The zero-order valence-corrected chi connectivity index (χ0v) is 18.0. The van der Waals surface area contributed by atoms with Crippen LogP contribution in [-0.2, 0) is 23.7 Å². The predicted molar refractivity (Wildman–Crippen MR) is 114 cm³/mol. The number of alkyl halides is 6. The monoisotopic (exact) mass is 495 g/mol. The van der Waals surface area contributed by atoms with Gasteiger partial charge in [0.15, 0.2) is 0 Å². The molecule has 4 heterocycles. The predicted octanol–water partition coefficient (Wildman–Crippen LogP) is 4.61. The van der Waals surface area contributed by atoms with Gasteiger partial charge in [-0.25, -0.2) is 4.98 Å². The summed E-state index contributed by atoms with van der Waals surface area (Å²) in [5.41, 5.74) is -0.564. The maximum absolute atomic E-state index is 12.9.